The number of nitrogens with zero attached hydrogens (tertiary/aromatic N) is 2. The predicted octanol–water partition coefficient (Wildman–Crippen LogP) is 2.35. The third kappa shape index (κ3) is 4.10. The molecule has 0 spiro atoms. The SMILES string of the molecule is C[C@H]1Oc2cc(S(=O)(=O)N3CCN(C(=O)c4ccc(F)cc4)CC3)c(Cl)cc2NC1=O. The highest BCUT2D eigenvalue weighted by molar-refractivity contribution is 7.89. The average molecular weight is 468 g/mol. The molecular formula is C20H19ClFN3O5S. The fourth-order valence-electron chi connectivity index (χ4n) is 3.45. The number of carbonyl (C=O) groups is 2. The molecule has 1 fully saturated rings. The third-order valence-corrected chi connectivity index (χ3v) is 7.56. The van der Waals surface area contributed by atoms with E-state index in [1.54, 1.807) is 6.92 Å². The summed E-state index contributed by atoms with van der Waals surface area (Å²) in [5.74, 6) is -0.851. The summed E-state index contributed by atoms with van der Waals surface area (Å²) in [7, 11) is -3.96. The highest BCUT2D eigenvalue weighted by atomic mass is 35.5. The van der Waals surface area contributed by atoms with Crippen molar-refractivity contribution in [1.82, 2.24) is 9.21 Å². The van der Waals surface area contributed by atoms with E-state index < -0.39 is 21.9 Å². The number of hydrogen-bond acceptors (Lipinski definition) is 5. The monoisotopic (exact) mass is 467 g/mol. The number of sulfonamides is 1. The summed E-state index contributed by atoms with van der Waals surface area (Å²) >= 11 is 6.21. The van der Waals surface area contributed by atoms with Crippen molar-refractivity contribution in [1.29, 1.82) is 0 Å². The largest absolute Gasteiger partial charge is 0.479 e. The van der Waals surface area contributed by atoms with Crippen LogP contribution in [0, 0.1) is 5.82 Å². The van der Waals surface area contributed by atoms with Gasteiger partial charge in [0.25, 0.3) is 11.8 Å². The highest BCUT2D eigenvalue weighted by Crippen LogP contribution is 2.38. The Morgan fingerprint density at radius 1 is 1.16 bits per heavy atom. The number of halogens is 2. The minimum Gasteiger partial charge on any atom is -0.479 e. The molecule has 0 unspecified atom stereocenters. The van der Waals surface area contributed by atoms with Crippen LogP contribution < -0.4 is 10.1 Å². The van der Waals surface area contributed by atoms with Crippen LogP contribution in [0.3, 0.4) is 0 Å². The van der Waals surface area contributed by atoms with E-state index in [1.165, 1.54) is 45.6 Å². The van der Waals surface area contributed by atoms with E-state index in [-0.39, 0.29) is 53.7 Å². The lowest BCUT2D eigenvalue weighted by molar-refractivity contribution is -0.122. The van der Waals surface area contributed by atoms with Crippen molar-refractivity contribution >= 4 is 39.1 Å². The topological polar surface area (TPSA) is 96.0 Å². The average Bonchev–Trinajstić information content (AvgIpc) is 2.74. The molecule has 1 N–H and O–H groups in total. The molecule has 0 aromatic heterocycles. The zero-order chi connectivity index (χ0) is 22.3. The van der Waals surface area contributed by atoms with Crippen molar-refractivity contribution in [3.8, 4) is 5.75 Å². The maximum atomic E-state index is 13.2. The second kappa shape index (κ2) is 8.10. The molecule has 1 saturated heterocycles. The predicted molar refractivity (Wildman–Crippen MR) is 111 cm³/mol. The second-order valence-electron chi connectivity index (χ2n) is 7.23. The number of hydrogen-bond donors (Lipinski definition) is 1. The molecule has 0 radical (unpaired) electrons. The summed E-state index contributed by atoms with van der Waals surface area (Å²) in [6, 6.07) is 7.86. The van der Waals surface area contributed by atoms with Crippen LogP contribution in [0.4, 0.5) is 10.1 Å². The number of benzene rings is 2. The Bertz CT molecular complexity index is 1150. The normalized spacial score (nSPS) is 19.4. The molecule has 2 aromatic carbocycles. The molecule has 2 aromatic rings. The number of carbonyl (C=O) groups excluding carboxylic acids is 2. The van der Waals surface area contributed by atoms with Crippen molar-refractivity contribution in [3.05, 3.63) is 52.8 Å². The molecule has 164 valence electrons. The Hall–Kier alpha value is -2.69. The molecule has 2 aliphatic heterocycles. The number of fused-ring (bicyclic) bond motifs is 1. The number of rotatable bonds is 3. The Morgan fingerprint density at radius 3 is 2.45 bits per heavy atom. The standard InChI is InChI=1S/C20H19ClFN3O5S/c1-12-19(26)23-16-10-15(21)18(11-17(16)30-12)31(28,29)25-8-6-24(7-9-25)20(27)13-2-4-14(22)5-3-13/h2-5,10-12H,6-9H2,1H3,(H,23,26)/t12-/m1/s1. The van der Waals surface area contributed by atoms with Gasteiger partial charge in [-0.05, 0) is 37.3 Å². The fourth-order valence-corrected chi connectivity index (χ4v) is 5.39. The lowest BCUT2D eigenvalue weighted by Gasteiger charge is -2.34. The summed E-state index contributed by atoms with van der Waals surface area (Å²) in [6.07, 6.45) is -0.759. The van der Waals surface area contributed by atoms with Gasteiger partial charge < -0.3 is 15.0 Å². The van der Waals surface area contributed by atoms with E-state index in [1.807, 2.05) is 0 Å². The van der Waals surface area contributed by atoms with Gasteiger partial charge in [0.2, 0.25) is 10.0 Å². The van der Waals surface area contributed by atoms with E-state index in [9.17, 15) is 22.4 Å². The van der Waals surface area contributed by atoms with E-state index >= 15 is 0 Å². The van der Waals surface area contributed by atoms with Crippen LogP contribution in [-0.2, 0) is 14.8 Å². The number of piperazine rings is 1. The van der Waals surface area contributed by atoms with Crippen LogP contribution in [0.15, 0.2) is 41.3 Å². The Labute approximate surface area is 183 Å². The Balaban J connectivity index is 1.51. The van der Waals surface area contributed by atoms with Gasteiger partial charge in [-0.25, -0.2) is 12.8 Å². The lowest BCUT2D eigenvalue weighted by atomic mass is 10.2. The first-order valence-electron chi connectivity index (χ1n) is 9.53. The molecule has 0 saturated carbocycles. The number of ether oxygens (including phenoxy) is 1. The van der Waals surface area contributed by atoms with Crippen LogP contribution in [0.5, 0.6) is 5.75 Å². The van der Waals surface area contributed by atoms with E-state index in [0.29, 0.717) is 11.3 Å². The van der Waals surface area contributed by atoms with Crippen LogP contribution in [0.1, 0.15) is 17.3 Å². The highest BCUT2D eigenvalue weighted by Gasteiger charge is 2.34. The summed E-state index contributed by atoms with van der Waals surface area (Å²) in [5.41, 5.74) is 0.644. The van der Waals surface area contributed by atoms with Crippen molar-refractivity contribution < 1.29 is 27.1 Å². The smallest absolute Gasteiger partial charge is 0.265 e. The molecule has 0 bridgehead atoms. The maximum Gasteiger partial charge on any atom is 0.265 e. The minimum absolute atomic E-state index is 0.0398. The van der Waals surface area contributed by atoms with Crippen LogP contribution >= 0.6 is 11.6 Å². The van der Waals surface area contributed by atoms with Gasteiger partial charge in [0.1, 0.15) is 16.5 Å². The molecule has 0 aliphatic carbocycles. The summed E-state index contributed by atoms with van der Waals surface area (Å²) in [6.45, 7) is 2.08. The molecule has 8 nitrogen and oxygen atoms in total. The van der Waals surface area contributed by atoms with Gasteiger partial charge in [-0.3, -0.25) is 9.59 Å². The minimum atomic E-state index is -3.96. The van der Waals surface area contributed by atoms with Gasteiger partial charge in [-0.2, -0.15) is 4.31 Å². The van der Waals surface area contributed by atoms with E-state index in [2.05, 4.69) is 5.32 Å². The van der Waals surface area contributed by atoms with Gasteiger partial charge >= 0.3 is 0 Å². The number of amides is 2. The van der Waals surface area contributed by atoms with Crippen LogP contribution in [0.2, 0.25) is 5.02 Å². The molecule has 2 aliphatic rings. The van der Waals surface area contributed by atoms with E-state index in [4.69, 9.17) is 16.3 Å². The van der Waals surface area contributed by atoms with Crippen molar-refractivity contribution in [2.24, 2.45) is 0 Å². The van der Waals surface area contributed by atoms with Crippen molar-refractivity contribution in [3.63, 3.8) is 0 Å². The molecular weight excluding hydrogens is 449 g/mol. The van der Waals surface area contributed by atoms with Gasteiger partial charge in [-0.1, -0.05) is 11.6 Å². The zero-order valence-electron chi connectivity index (χ0n) is 16.5. The molecule has 4 rings (SSSR count). The molecule has 11 heteroatoms. The van der Waals surface area contributed by atoms with Crippen LogP contribution in [-0.4, -0.2) is 61.7 Å². The first-order chi connectivity index (χ1) is 14.7. The fraction of sp³-hybridized carbons (Fsp3) is 0.300. The molecule has 31 heavy (non-hydrogen) atoms. The van der Waals surface area contributed by atoms with Gasteiger partial charge in [0.05, 0.1) is 10.7 Å². The first-order valence-corrected chi connectivity index (χ1v) is 11.3. The summed E-state index contributed by atoms with van der Waals surface area (Å²) in [4.78, 5) is 25.7. The summed E-state index contributed by atoms with van der Waals surface area (Å²) in [5, 5.41) is 2.58. The van der Waals surface area contributed by atoms with Crippen molar-refractivity contribution in [2.45, 2.75) is 17.9 Å². The Kier molecular flexibility index (Phi) is 5.63. The summed E-state index contributed by atoms with van der Waals surface area (Å²) < 4.78 is 46.2. The van der Waals surface area contributed by atoms with Crippen molar-refractivity contribution in [2.75, 3.05) is 31.5 Å². The quantitative estimate of drug-likeness (QED) is 0.747. The maximum absolute atomic E-state index is 13.2. The van der Waals surface area contributed by atoms with Gasteiger partial charge in [-0.15, -0.1) is 0 Å². The zero-order valence-corrected chi connectivity index (χ0v) is 18.0. The molecule has 1 atom stereocenters. The van der Waals surface area contributed by atoms with Gasteiger partial charge in [0.15, 0.2) is 6.10 Å². The Morgan fingerprint density at radius 2 is 1.81 bits per heavy atom. The first kappa shape index (κ1) is 21.5. The lowest BCUT2D eigenvalue weighted by Crippen LogP contribution is -2.50. The second-order valence-corrected chi connectivity index (χ2v) is 9.54. The molecule has 2 amide bonds. The number of nitrogens with one attached hydrogen (secondary N) is 1. The molecule has 2 heterocycles. The van der Waals surface area contributed by atoms with Crippen LogP contribution in [0.25, 0.3) is 0 Å². The van der Waals surface area contributed by atoms with E-state index in [0.717, 1.165) is 0 Å². The number of anilines is 1. The van der Waals surface area contributed by atoms with Gasteiger partial charge in [0, 0.05) is 37.8 Å². The third-order valence-electron chi connectivity index (χ3n) is 5.20.